The molecule has 0 aliphatic rings. The van der Waals surface area contributed by atoms with Crippen LogP contribution in [0.1, 0.15) is 50.7 Å². The first-order valence-corrected chi connectivity index (χ1v) is 15.8. The standard InChI is InChI=1S/2C19H19N2O2.Ca/c2*1-2-3-14-17-18(22)20(15-10-6-4-7-11-15)21(19(17)23)16-12-8-5-9-13-16;/h2*4-13H,2-3,14H2,1H3;/q2*-1;+2. The van der Waals surface area contributed by atoms with Crippen LogP contribution in [0.25, 0.3) is 22.7 Å². The second kappa shape index (κ2) is 17.1. The summed E-state index contributed by atoms with van der Waals surface area (Å²) in [4.78, 5) is 51.3. The Kier molecular flexibility index (Phi) is 12.9. The van der Waals surface area contributed by atoms with Gasteiger partial charge in [0, 0.05) is 0 Å². The number of benzene rings is 4. The molecule has 0 aliphatic heterocycles. The van der Waals surface area contributed by atoms with Gasteiger partial charge in [0.05, 0.1) is 22.7 Å². The van der Waals surface area contributed by atoms with Crippen LogP contribution in [-0.4, -0.2) is 56.5 Å². The molecule has 0 amide bonds. The summed E-state index contributed by atoms with van der Waals surface area (Å²) in [5.74, 6) is 0. The first kappa shape index (κ1) is 35.6. The molecule has 2 heterocycles. The van der Waals surface area contributed by atoms with Crippen LogP contribution in [0.5, 0.6) is 0 Å². The fourth-order valence-corrected chi connectivity index (χ4v) is 5.40. The number of unbranched alkanes of at least 4 members (excludes halogenated alkanes) is 2. The molecule has 0 spiro atoms. The normalized spacial score (nSPS) is 10.6. The van der Waals surface area contributed by atoms with E-state index < -0.39 is 0 Å². The first-order chi connectivity index (χ1) is 22.5. The van der Waals surface area contributed by atoms with Gasteiger partial charge in [0.15, 0.2) is 0 Å². The Morgan fingerprint density at radius 2 is 0.617 bits per heavy atom. The zero-order chi connectivity index (χ0) is 32.5. The van der Waals surface area contributed by atoms with Crippen molar-refractivity contribution in [1.29, 1.82) is 0 Å². The molecule has 6 rings (SSSR count). The molecule has 0 fully saturated rings. The molecular formula is C38H38CaN4O4. The number of para-hydroxylation sites is 4. The van der Waals surface area contributed by atoms with Gasteiger partial charge in [-0.3, -0.25) is 0 Å². The van der Waals surface area contributed by atoms with Crippen LogP contribution < -0.4 is 22.2 Å². The van der Waals surface area contributed by atoms with Gasteiger partial charge in [0.1, 0.15) is 22.2 Å². The van der Waals surface area contributed by atoms with Gasteiger partial charge < -0.3 is 19.2 Å². The Hall–Kier alpha value is -4.24. The first-order valence-electron chi connectivity index (χ1n) is 15.8. The van der Waals surface area contributed by atoms with Crippen molar-refractivity contribution in [2.75, 3.05) is 0 Å². The van der Waals surface area contributed by atoms with E-state index in [9.17, 15) is 19.2 Å². The minimum absolute atomic E-state index is 0. The molecular weight excluding hydrogens is 617 g/mol. The largest absolute Gasteiger partial charge is 2.00 e. The Morgan fingerprint density at radius 3 is 0.809 bits per heavy atom. The molecule has 47 heavy (non-hydrogen) atoms. The maximum Gasteiger partial charge on any atom is 2.00 e. The average Bonchev–Trinajstić information content (AvgIpc) is 3.51. The van der Waals surface area contributed by atoms with Crippen LogP contribution in [-0.2, 0) is 12.8 Å². The molecule has 0 radical (unpaired) electrons. The van der Waals surface area contributed by atoms with Crippen LogP contribution in [0.4, 0.5) is 0 Å². The van der Waals surface area contributed by atoms with E-state index in [1.807, 2.05) is 135 Å². The van der Waals surface area contributed by atoms with Crippen molar-refractivity contribution in [3.8, 4) is 22.7 Å². The molecule has 0 bridgehead atoms. The third kappa shape index (κ3) is 7.84. The summed E-state index contributed by atoms with van der Waals surface area (Å²) in [6.07, 6.45) is 4.58. The summed E-state index contributed by atoms with van der Waals surface area (Å²) in [7, 11) is 0. The van der Waals surface area contributed by atoms with Gasteiger partial charge >= 0.3 is 37.7 Å². The van der Waals surface area contributed by atoms with E-state index in [1.165, 1.54) is 18.7 Å². The van der Waals surface area contributed by atoms with E-state index in [-0.39, 0.29) is 60.0 Å². The predicted octanol–water partition coefficient (Wildman–Crippen LogP) is 5.72. The number of rotatable bonds is 10. The van der Waals surface area contributed by atoms with Gasteiger partial charge in [-0.15, -0.1) is 12.8 Å². The predicted molar refractivity (Wildman–Crippen MR) is 189 cm³/mol. The summed E-state index contributed by atoms with van der Waals surface area (Å²) in [6.45, 7) is 4.10. The van der Waals surface area contributed by atoms with Crippen LogP contribution >= 0.6 is 0 Å². The van der Waals surface area contributed by atoms with Gasteiger partial charge in [-0.05, 0) is 48.5 Å². The van der Waals surface area contributed by atoms with Crippen molar-refractivity contribution in [3.05, 3.63) is 174 Å². The molecule has 0 atom stereocenters. The van der Waals surface area contributed by atoms with Crippen molar-refractivity contribution < 1.29 is 0 Å². The molecule has 0 N–H and O–H groups in total. The molecule has 8 nitrogen and oxygen atoms in total. The summed E-state index contributed by atoms with van der Waals surface area (Å²) in [5.41, 5.74) is 2.61. The Labute approximate surface area is 303 Å². The van der Waals surface area contributed by atoms with Crippen LogP contribution in [0.15, 0.2) is 141 Å². The summed E-state index contributed by atoms with van der Waals surface area (Å²) < 4.78 is 5.90. The average molecular weight is 655 g/mol. The summed E-state index contributed by atoms with van der Waals surface area (Å²) in [6, 6.07) is 37.1. The van der Waals surface area contributed by atoms with E-state index in [1.54, 1.807) is 0 Å². The zero-order valence-electron chi connectivity index (χ0n) is 26.9. The Bertz CT molecular complexity index is 1790. The third-order valence-electron chi connectivity index (χ3n) is 7.77. The van der Waals surface area contributed by atoms with Crippen molar-refractivity contribution >= 4 is 37.7 Å². The van der Waals surface area contributed by atoms with Crippen LogP contribution in [0.3, 0.4) is 0 Å². The van der Waals surface area contributed by atoms with Gasteiger partial charge in [-0.1, -0.05) is 112 Å². The second-order valence-corrected chi connectivity index (χ2v) is 11.0. The molecule has 4 aromatic carbocycles. The molecule has 0 saturated heterocycles. The molecule has 2 aromatic heterocycles. The fourth-order valence-electron chi connectivity index (χ4n) is 5.40. The van der Waals surface area contributed by atoms with Gasteiger partial charge in [0.25, 0.3) is 0 Å². The molecule has 236 valence electrons. The van der Waals surface area contributed by atoms with Crippen LogP contribution in [0, 0.1) is 0 Å². The summed E-state index contributed by atoms with van der Waals surface area (Å²) >= 11 is 0. The topological polar surface area (TPSA) is 88.0 Å². The number of nitrogens with zero attached hydrogens (tertiary/aromatic N) is 4. The fraction of sp³-hybridized carbons (Fsp3) is 0.211. The third-order valence-corrected chi connectivity index (χ3v) is 7.77. The Balaban J connectivity index is 0.000000208. The van der Waals surface area contributed by atoms with Crippen LogP contribution in [0.2, 0.25) is 0 Å². The van der Waals surface area contributed by atoms with E-state index in [4.69, 9.17) is 0 Å². The number of aromatic nitrogens is 4. The van der Waals surface area contributed by atoms with Gasteiger partial charge in [0.2, 0.25) is 0 Å². The molecule has 9 heteroatoms. The summed E-state index contributed by atoms with van der Waals surface area (Å²) in [5, 5.41) is 0. The maximum absolute atomic E-state index is 12.8. The smallest absolute Gasteiger partial charge is 0.308 e. The van der Waals surface area contributed by atoms with E-state index in [2.05, 4.69) is 0 Å². The molecule has 0 aliphatic carbocycles. The van der Waals surface area contributed by atoms with E-state index >= 15 is 0 Å². The minimum atomic E-state index is -0.224. The SMILES string of the molecule is CCCC[c-]1c(=O)n(-c2ccccc2)n(-c2ccccc2)c1=O.CCCC[c-]1c(=O)n(-c2ccccc2)n(-c2ccccc2)c1=O.[Ca+2]. The molecule has 0 unspecified atom stereocenters. The molecule has 0 saturated carbocycles. The van der Waals surface area contributed by atoms with Crippen molar-refractivity contribution in [3.63, 3.8) is 0 Å². The van der Waals surface area contributed by atoms with Crippen molar-refractivity contribution in [2.45, 2.75) is 52.4 Å². The number of hydrogen-bond donors (Lipinski definition) is 0. The zero-order valence-corrected chi connectivity index (χ0v) is 29.1. The number of hydrogen-bond acceptors (Lipinski definition) is 4. The van der Waals surface area contributed by atoms with Gasteiger partial charge in [-0.2, -0.15) is 0 Å². The minimum Gasteiger partial charge on any atom is -0.308 e. The van der Waals surface area contributed by atoms with Gasteiger partial charge in [-0.25, -0.2) is 29.9 Å². The monoisotopic (exact) mass is 654 g/mol. The van der Waals surface area contributed by atoms with E-state index in [0.29, 0.717) is 46.7 Å². The maximum atomic E-state index is 12.8. The quantitative estimate of drug-likeness (QED) is 0.140. The van der Waals surface area contributed by atoms with Crippen molar-refractivity contribution in [2.24, 2.45) is 0 Å². The second-order valence-electron chi connectivity index (χ2n) is 11.0. The molecule has 6 aromatic rings. The van der Waals surface area contributed by atoms with Crippen molar-refractivity contribution in [1.82, 2.24) is 18.7 Å². The Morgan fingerprint density at radius 1 is 0.404 bits per heavy atom. The van der Waals surface area contributed by atoms with E-state index in [0.717, 1.165) is 25.7 Å².